The van der Waals surface area contributed by atoms with E-state index in [0.717, 1.165) is 11.3 Å². The predicted octanol–water partition coefficient (Wildman–Crippen LogP) is 2.68. The molecule has 0 aliphatic carbocycles. The van der Waals surface area contributed by atoms with Gasteiger partial charge >= 0.3 is 0 Å². The second-order valence-corrected chi connectivity index (χ2v) is 3.03. The molecule has 0 atom stereocenters. The molecular weight excluding hydrogens is 174 g/mol. The quantitative estimate of drug-likeness (QED) is 0.641. The zero-order chi connectivity index (χ0) is 10.7. The summed E-state index contributed by atoms with van der Waals surface area (Å²) in [6.07, 6.45) is 3.57. The average molecular weight is 191 g/mol. The van der Waals surface area contributed by atoms with E-state index in [-0.39, 0.29) is 0 Å². The number of imidazole rings is 1. The summed E-state index contributed by atoms with van der Waals surface area (Å²) in [7, 11) is 0. The minimum atomic E-state index is 0.926. The van der Waals surface area contributed by atoms with E-state index in [1.165, 1.54) is 11.3 Å². The van der Waals surface area contributed by atoms with Crippen molar-refractivity contribution in [2.75, 3.05) is 0 Å². The molecule has 0 fully saturated rings. The number of aromatic nitrogens is 3. The molecule has 2 heterocycles. The second kappa shape index (κ2) is 4.22. The predicted molar refractivity (Wildman–Crippen MR) is 58.5 cm³/mol. The highest BCUT2D eigenvalue weighted by Crippen LogP contribution is 2.11. The lowest BCUT2D eigenvalue weighted by atomic mass is 10.2. The number of nitrogens with zero attached hydrogens (tertiary/aromatic N) is 3. The number of fused-ring (bicyclic) bond motifs is 1. The Balaban J connectivity index is 0.000000461. The summed E-state index contributed by atoms with van der Waals surface area (Å²) in [5, 5.41) is 0. The van der Waals surface area contributed by atoms with Crippen LogP contribution in [0.4, 0.5) is 0 Å². The van der Waals surface area contributed by atoms with Crippen LogP contribution in [-0.2, 0) is 0 Å². The molecule has 14 heavy (non-hydrogen) atoms. The van der Waals surface area contributed by atoms with Crippen molar-refractivity contribution < 1.29 is 0 Å². The van der Waals surface area contributed by atoms with Gasteiger partial charge in [0, 0.05) is 11.4 Å². The molecule has 3 nitrogen and oxygen atoms in total. The molecule has 0 amide bonds. The van der Waals surface area contributed by atoms with E-state index >= 15 is 0 Å². The molecule has 2 rings (SSSR count). The van der Waals surface area contributed by atoms with E-state index in [9.17, 15) is 0 Å². The van der Waals surface area contributed by atoms with Gasteiger partial charge in [0.1, 0.15) is 6.33 Å². The van der Waals surface area contributed by atoms with E-state index in [1.807, 2.05) is 25.2 Å². The van der Waals surface area contributed by atoms with Crippen molar-refractivity contribution in [3.8, 4) is 0 Å². The van der Waals surface area contributed by atoms with Gasteiger partial charge in [0.2, 0.25) is 0 Å². The molecule has 0 spiro atoms. The van der Waals surface area contributed by atoms with Crippen LogP contribution in [-0.4, -0.2) is 14.4 Å². The first-order valence-electron chi connectivity index (χ1n) is 4.96. The zero-order valence-electron chi connectivity index (χ0n) is 9.50. The van der Waals surface area contributed by atoms with Crippen molar-refractivity contribution >= 4 is 5.65 Å². The number of rotatable bonds is 0. The normalized spacial score (nSPS) is 9.79. The summed E-state index contributed by atoms with van der Waals surface area (Å²) in [6.45, 7) is 10.2. The van der Waals surface area contributed by atoms with Gasteiger partial charge in [0.05, 0.1) is 6.20 Å². The van der Waals surface area contributed by atoms with Crippen LogP contribution in [0, 0.1) is 20.8 Å². The Bertz CT molecular complexity index is 429. The van der Waals surface area contributed by atoms with Gasteiger partial charge in [0.25, 0.3) is 0 Å². The fraction of sp³-hybridized carbons (Fsp3) is 0.455. The molecule has 0 bridgehead atoms. The third kappa shape index (κ3) is 1.62. The van der Waals surface area contributed by atoms with Crippen molar-refractivity contribution in [1.29, 1.82) is 0 Å². The molecule has 0 unspecified atom stereocenters. The molecule has 2 aromatic rings. The largest absolute Gasteiger partial charge is 0.288 e. The Morgan fingerprint density at radius 2 is 1.79 bits per heavy atom. The van der Waals surface area contributed by atoms with Gasteiger partial charge in [-0.2, -0.15) is 0 Å². The molecule has 0 saturated carbocycles. The third-order valence-corrected chi connectivity index (χ3v) is 2.35. The molecule has 0 N–H and O–H groups in total. The van der Waals surface area contributed by atoms with Crippen LogP contribution in [0.3, 0.4) is 0 Å². The summed E-state index contributed by atoms with van der Waals surface area (Å²) in [5.41, 5.74) is 4.46. The maximum absolute atomic E-state index is 4.40. The number of aryl methyl sites for hydroxylation is 2. The van der Waals surface area contributed by atoms with Crippen molar-refractivity contribution in [2.24, 2.45) is 0 Å². The van der Waals surface area contributed by atoms with Crippen LogP contribution in [0.15, 0.2) is 12.5 Å². The van der Waals surface area contributed by atoms with Crippen molar-refractivity contribution in [1.82, 2.24) is 14.4 Å². The highest BCUT2D eigenvalue weighted by molar-refractivity contribution is 5.41. The average Bonchev–Trinajstić information content (AvgIpc) is 2.65. The zero-order valence-corrected chi connectivity index (χ0v) is 9.50. The summed E-state index contributed by atoms with van der Waals surface area (Å²) in [5.74, 6) is 0. The molecule has 0 aliphatic heterocycles. The van der Waals surface area contributed by atoms with Gasteiger partial charge in [-0.25, -0.2) is 9.97 Å². The molecule has 0 saturated heterocycles. The van der Waals surface area contributed by atoms with Crippen LogP contribution < -0.4 is 0 Å². The fourth-order valence-corrected chi connectivity index (χ4v) is 1.33. The summed E-state index contributed by atoms with van der Waals surface area (Å²) < 4.78 is 2.00. The number of hydrogen-bond donors (Lipinski definition) is 0. The summed E-state index contributed by atoms with van der Waals surface area (Å²) in [4.78, 5) is 8.44. The van der Waals surface area contributed by atoms with Gasteiger partial charge in [0.15, 0.2) is 5.65 Å². The Hall–Kier alpha value is -1.38. The van der Waals surface area contributed by atoms with E-state index < -0.39 is 0 Å². The number of hydrogen-bond acceptors (Lipinski definition) is 2. The maximum Gasteiger partial charge on any atom is 0.156 e. The Kier molecular flexibility index (Phi) is 3.23. The maximum atomic E-state index is 4.40. The SMILES string of the molecule is CC.Cc1nc2cncn2c(C)c1C. The van der Waals surface area contributed by atoms with E-state index in [0.29, 0.717) is 0 Å². The van der Waals surface area contributed by atoms with Gasteiger partial charge in [-0.1, -0.05) is 13.8 Å². The topological polar surface area (TPSA) is 30.2 Å². The minimum Gasteiger partial charge on any atom is -0.288 e. The highest BCUT2D eigenvalue weighted by atomic mass is 15.0. The molecule has 76 valence electrons. The lowest BCUT2D eigenvalue weighted by Crippen LogP contribution is -1.99. The standard InChI is InChI=1S/C9H11N3.C2H6/c1-6-7(2)11-9-4-10-5-12(9)8(6)3;1-2/h4-5H,1-3H3;1-2H3. The fourth-order valence-electron chi connectivity index (χ4n) is 1.33. The van der Waals surface area contributed by atoms with E-state index in [4.69, 9.17) is 0 Å². The van der Waals surface area contributed by atoms with Gasteiger partial charge in [-0.05, 0) is 26.3 Å². The molecule has 2 aromatic heterocycles. The second-order valence-electron chi connectivity index (χ2n) is 3.03. The third-order valence-electron chi connectivity index (χ3n) is 2.35. The Labute approximate surface area is 84.8 Å². The molecule has 0 aliphatic rings. The van der Waals surface area contributed by atoms with E-state index in [1.54, 1.807) is 12.5 Å². The molecule has 3 heteroatoms. The lowest BCUT2D eigenvalue weighted by molar-refractivity contribution is 0.983. The van der Waals surface area contributed by atoms with Gasteiger partial charge < -0.3 is 0 Å². The summed E-state index contributed by atoms with van der Waals surface area (Å²) in [6, 6.07) is 0. The van der Waals surface area contributed by atoms with Crippen molar-refractivity contribution in [3.05, 3.63) is 29.5 Å². The van der Waals surface area contributed by atoms with Crippen LogP contribution in [0.1, 0.15) is 30.8 Å². The van der Waals surface area contributed by atoms with Crippen LogP contribution in [0.2, 0.25) is 0 Å². The van der Waals surface area contributed by atoms with Gasteiger partial charge in [-0.3, -0.25) is 4.40 Å². The minimum absolute atomic E-state index is 0.926. The highest BCUT2D eigenvalue weighted by Gasteiger charge is 2.03. The van der Waals surface area contributed by atoms with E-state index in [2.05, 4.69) is 23.8 Å². The first kappa shape index (κ1) is 10.7. The van der Waals surface area contributed by atoms with Crippen molar-refractivity contribution in [3.63, 3.8) is 0 Å². The van der Waals surface area contributed by atoms with Crippen LogP contribution >= 0.6 is 0 Å². The van der Waals surface area contributed by atoms with Crippen LogP contribution in [0.5, 0.6) is 0 Å². The molecule has 0 aromatic carbocycles. The first-order valence-corrected chi connectivity index (χ1v) is 4.96. The monoisotopic (exact) mass is 191 g/mol. The lowest BCUT2D eigenvalue weighted by Gasteiger charge is -2.05. The van der Waals surface area contributed by atoms with Crippen LogP contribution in [0.25, 0.3) is 5.65 Å². The first-order chi connectivity index (χ1) is 6.70. The molecular formula is C11H17N3. The molecule has 0 radical (unpaired) electrons. The Morgan fingerprint density at radius 1 is 1.14 bits per heavy atom. The van der Waals surface area contributed by atoms with Crippen molar-refractivity contribution in [2.45, 2.75) is 34.6 Å². The van der Waals surface area contributed by atoms with Gasteiger partial charge in [-0.15, -0.1) is 0 Å². The summed E-state index contributed by atoms with van der Waals surface area (Å²) >= 11 is 0. The smallest absolute Gasteiger partial charge is 0.156 e. The Morgan fingerprint density at radius 3 is 2.43 bits per heavy atom.